The predicted molar refractivity (Wildman–Crippen MR) is 52.4 cm³/mol. The zero-order valence-corrected chi connectivity index (χ0v) is 7.43. The number of anilines is 1. The van der Waals surface area contributed by atoms with Gasteiger partial charge in [0.15, 0.2) is 0 Å². The Balaban J connectivity index is 2.75. The van der Waals surface area contributed by atoms with Crippen molar-refractivity contribution in [3.63, 3.8) is 0 Å². The van der Waals surface area contributed by atoms with Crippen LogP contribution in [0.2, 0.25) is 0 Å². The second kappa shape index (κ2) is 5.03. The van der Waals surface area contributed by atoms with E-state index in [0.29, 0.717) is 0 Å². The van der Waals surface area contributed by atoms with Gasteiger partial charge in [0.2, 0.25) is 0 Å². The molecule has 0 spiro atoms. The van der Waals surface area contributed by atoms with E-state index < -0.39 is 0 Å². The number of hydrogen-bond donors (Lipinski definition) is 0. The number of hydrogen-bond acceptors (Lipinski definition) is 4. The van der Waals surface area contributed by atoms with Crippen LogP contribution >= 0.6 is 0 Å². The summed E-state index contributed by atoms with van der Waals surface area (Å²) in [6, 6.07) is 0. The molecule has 1 aromatic heterocycles. The SMILES string of the molecule is C=CCN(CC=C)c1cnnnc1. The molecule has 1 heterocycles. The molecule has 0 aliphatic carbocycles. The first-order valence-corrected chi connectivity index (χ1v) is 3.98. The van der Waals surface area contributed by atoms with E-state index in [1.807, 2.05) is 17.1 Å². The Morgan fingerprint density at radius 2 is 1.69 bits per heavy atom. The van der Waals surface area contributed by atoms with Gasteiger partial charge in [-0.05, 0) is 5.21 Å². The molecule has 0 radical (unpaired) electrons. The maximum Gasteiger partial charge on any atom is 0.0782 e. The third-order valence-corrected chi connectivity index (χ3v) is 1.55. The standard InChI is InChI=1S/C9H12N4/c1-3-5-13(6-4-2)9-7-10-12-11-8-9/h3-4,7-8H,1-2,5-6H2. The van der Waals surface area contributed by atoms with Gasteiger partial charge in [-0.1, -0.05) is 12.2 Å². The van der Waals surface area contributed by atoms with E-state index >= 15 is 0 Å². The van der Waals surface area contributed by atoms with Gasteiger partial charge in [0.1, 0.15) is 0 Å². The van der Waals surface area contributed by atoms with E-state index in [2.05, 4.69) is 28.6 Å². The van der Waals surface area contributed by atoms with Gasteiger partial charge in [0.05, 0.1) is 18.1 Å². The van der Waals surface area contributed by atoms with Gasteiger partial charge in [0.25, 0.3) is 0 Å². The summed E-state index contributed by atoms with van der Waals surface area (Å²) in [5.74, 6) is 0. The quantitative estimate of drug-likeness (QED) is 0.629. The summed E-state index contributed by atoms with van der Waals surface area (Å²) < 4.78 is 0. The zero-order chi connectivity index (χ0) is 9.52. The Morgan fingerprint density at radius 3 is 2.15 bits per heavy atom. The van der Waals surface area contributed by atoms with E-state index in [9.17, 15) is 0 Å². The van der Waals surface area contributed by atoms with Crippen molar-refractivity contribution in [3.05, 3.63) is 37.7 Å². The van der Waals surface area contributed by atoms with Gasteiger partial charge in [-0.3, -0.25) is 0 Å². The van der Waals surface area contributed by atoms with Crippen LogP contribution in [0.4, 0.5) is 5.69 Å². The Hall–Kier alpha value is -1.71. The fraction of sp³-hybridized carbons (Fsp3) is 0.222. The fourth-order valence-electron chi connectivity index (χ4n) is 0.993. The lowest BCUT2D eigenvalue weighted by molar-refractivity contribution is 0.840. The third-order valence-electron chi connectivity index (χ3n) is 1.55. The highest BCUT2D eigenvalue weighted by molar-refractivity contribution is 5.42. The molecular weight excluding hydrogens is 164 g/mol. The molecule has 0 N–H and O–H groups in total. The molecular formula is C9H12N4. The normalized spacial score (nSPS) is 9.23. The van der Waals surface area contributed by atoms with E-state index in [1.54, 1.807) is 12.4 Å². The molecule has 0 saturated carbocycles. The van der Waals surface area contributed by atoms with Crippen LogP contribution in [0, 0.1) is 0 Å². The Morgan fingerprint density at radius 1 is 1.15 bits per heavy atom. The van der Waals surface area contributed by atoms with Gasteiger partial charge < -0.3 is 4.90 Å². The summed E-state index contributed by atoms with van der Waals surface area (Å²) >= 11 is 0. The molecule has 0 aromatic carbocycles. The first-order chi connectivity index (χ1) is 6.38. The van der Waals surface area contributed by atoms with E-state index in [1.165, 1.54) is 0 Å². The molecule has 0 saturated heterocycles. The van der Waals surface area contributed by atoms with Crippen molar-refractivity contribution in [1.82, 2.24) is 15.4 Å². The van der Waals surface area contributed by atoms with Crippen molar-refractivity contribution in [2.24, 2.45) is 0 Å². The van der Waals surface area contributed by atoms with E-state index in [-0.39, 0.29) is 0 Å². The molecule has 0 unspecified atom stereocenters. The van der Waals surface area contributed by atoms with Crippen LogP contribution in [-0.2, 0) is 0 Å². The fourth-order valence-corrected chi connectivity index (χ4v) is 0.993. The second-order valence-corrected chi connectivity index (χ2v) is 2.49. The van der Waals surface area contributed by atoms with Crippen molar-refractivity contribution in [2.45, 2.75) is 0 Å². The summed E-state index contributed by atoms with van der Waals surface area (Å²) in [6.45, 7) is 8.85. The van der Waals surface area contributed by atoms with Gasteiger partial charge in [-0.15, -0.1) is 23.4 Å². The molecule has 0 aliphatic heterocycles. The van der Waals surface area contributed by atoms with Crippen LogP contribution in [0.5, 0.6) is 0 Å². The van der Waals surface area contributed by atoms with Gasteiger partial charge in [-0.25, -0.2) is 0 Å². The summed E-state index contributed by atoms with van der Waals surface area (Å²) in [5.41, 5.74) is 0.926. The van der Waals surface area contributed by atoms with Crippen LogP contribution in [0.25, 0.3) is 0 Å². The Bertz CT molecular complexity index is 260. The zero-order valence-electron chi connectivity index (χ0n) is 7.43. The minimum atomic E-state index is 0.749. The Kier molecular flexibility index (Phi) is 3.63. The molecule has 0 amide bonds. The van der Waals surface area contributed by atoms with Crippen molar-refractivity contribution in [2.75, 3.05) is 18.0 Å². The van der Waals surface area contributed by atoms with Gasteiger partial charge >= 0.3 is 0 Å². The average molecular weight is 176 g/mol. The molecule has 68 valence electrons. The monoisotopic (exact) mass is 176 g/mol. The highest BCUT2D eigenvalue weighted by Crippen LogP contribution is 2.08. The molecule has 4 heteroatoms. The lowest BCUT2D eigenvalue weighted by atomic mass is 10.4. The maximum atomic E-state index is 3.70. The van der Waals surface area contributed by atoms with E-state index in [4.69, 9.17) is 0 Å². The summed E-state index contributed by atoms with van der Waals surface area (Å²) in [5, 5.41) is 10.9. The summed E-state index contributed by atoms with van der Waals surface area (Å²) in [6.07, 6.45) is 6.98. The summed E-state index contributed by atoms with van der Waals surface area (Å²) in [4.78, 5) is 2.04. The highest BCUT2D eigenvalue weighted by Gasteiger charge is 2.01. The molecule has 0 aliphatic rings. The topological polar surface area (TPSA) is 41.9 Å². The minimum Gasteiger partial charge on any atom is -0.362 e. The van der Waals surface area contributed by atoms with Gasteiger partial charge in [0, 0.05) is 13.1 Å². The second-order valence-electron chi connectivity index (χ2n) is 2.49. The molecule has 1 rings (SSSR count). The molecule has 1 aromatic rings. The molecule has 0 fully saturated rings. The van der Waals surface area contributed by atoms with Crippen LogP contribution < -0.4 is 4.90 Å². The van der Waals surface area contributed by atoms with Crippen molar-refractivity contribution < 1.29 is 0 Å². The first-order valence-electron chi connectivity index (χ1n) is 3.98. The van der Waals surface area contributed by atoms with Crippen molar-refractivity contribution >= 4 is 5.69 Å². The maximum absolute atomic E-state index is 3.70. The highest BCUT2D eigenvalue weighted by atomic mass is 15.3. The van der Waals surface area contributed by atoms with Crippen LogP contribution in [0.15, 0.2) is 37.7 Å². The van der Waals surface area contributed by atoms with Crippen LogP contribution in [-0.4, -0.2) is 28.5 Å². The average Bonchev–Trinajstić information content (AvgIpc) is 2.19. The number of nitrogens with zero attached hydrogens (tertiary/aromatic N) is 4. The minimum absolute atomic E-state index is 0.749. The lowest BCUT2D eigenvalue weighted by Crippen LogP contribution is -2.23. The Labute approximate surface area is 77.6 Å². The number of aromatic nitrogens is 3. The number of rotatable bonds is 5. The van der Waals surface area contributed by atoms with E-state index in [0.717, 1.165) is 18.8 Å². The molecule has 13 heavy (non-hydrogen) atoms. The molecule has 0 atom stereocenters. The lowest BCUT2D eigenvalue weighted by Gasteiger charge is -2.19. The van der Waals surface area contributed by atoms with Crippen molar-refractivity contribution in [3.8, 4) is 0 Å². The first kappa shape index (κ1) is 9.38. The smallest absolute Gasteiger partial charge is 0.0782 e. The third kappa shape index (κ3) is 2.66. The van der Waals surface area contributed by atoms with Gasteiger partial charge in [-0.2, -0.15) is 0 Å². The molecule has 0 bridgehead atoms. The van der Waals surface area contributed by atoms with Crippen LogP contribution in [0.3, 0.4) is 0 Å². The van der Waals surface area contributed by atoms with Crippen molar-refractivity contribution in [1.29, 1.82) is 0 Å². The largest absolute Gasteiger partial charge is 0.362 e. The predicted octanol–water partition coefficient (Wildman–Crippen LogP) is 1.05. The summed E-state index contributed by atoms with van der Waals surface area (Å²) in [7, 11) is 0. The van der Waals surface area contributed by atoms with Crippen LogP contribution in [0.1, 0.15) is 0 Å². The molecule has 4 nitrogen and oxygen atoms in total.